The highest BCUT2D eigenvalue weighted by atomic mass is 32.2. The van der Waals surface area contributed by atoms with Crippen molar-refractivity contribution in [2.45, 2.75) is 32.1 Å². The number of carbonyl (C=O) groups is 1. The fourth-order valence-corrected chi connectivity index (χ4v) is 4.26. The second kappa shape index (κ2) is 9.52. The predicted octanol–water partition coefficient (Wildman–Crippen LogP) is 4.66. The number of hydrogen-bond donors (Lipinski definition) is 2. The van der Waals surface area contributed by atoms with Gasteiger partial charge in [0.05, 0.1) is 4.90 Å². The first kappa shape index (κ1) is 23.3. The molecule has 2 N–H and O–H groups in total. The molecule has 0 fully saturated rings. The maximum Gasteiger partial charge on any atom is 0.276 e. The molecule has 0 atom stereocenters. The lowest BCUT2D eigenvalue weighted by molar-refractivity contribution is 0.102. The predicted molar refractivity (Wildman–Crippen MR) is 132 cm³/mol. The van der Waals surface area contributed by atoms with Gasteiger partial charge in [-0.3, -0.25) is 4.79 Å². The van der Waals surface area contributed by atoms with Crippen molar-refractivity contribution < 1.29 is 17.6 Å². The summed E-state index contributed by atoms with van der Waals surface area (Å²) in [5.74, 6) is -0.470. The van der Waals surface area contributed by atoms with E-state index in [-0.39, 0.29) is 16.0 Å². The second-order valence-corrected chi connectivity index (χ2v) is 9.62. The number of carbonyl (C=O) groups excluding carboxylic acids is 1. The molecule has 34 heavy (non-hydrogen) atoms. The summed E-state index contributed by atoms with van der Waals surface area (Å²) in [7, 11) is -3.97. The van der Waals surface area contributed by atoms with Crippen molar-refractivity contribution in [3.8, 4) is 0 Å². The molecular weight excluding hydrogens is 450 g/mol. The highest BCUT2D eigenvalue weighted by Crippen LogP contribution is 2.16. The summed E-state index contributed by atoms with van der Waals surface area (Å²) in [5.41, 5.74) is 4.00. The van der Waals surface area contributed by atoms with E-state index in [4.69, 9.17) is 4.42 Å². The van der Waals surface area contributed by atoms with Crippen LogP contribution in [0.4, 0.5) is 5.69 Å². The van der Waals surface area contributed by atoms with Crippen molar-refractivity contribution in [2.75, 3.05) is 5.32 Å². The topological polar surface area (TPSA) is 101 Å². The molecule has 4 rings (SSSR count). The Hall–Kier alpha value is -3.91. The summed E-state index contributed by atoms with van der Waals surface area (Å²) in [5, 5.41) is 7.49. The van der Waals surface area contributed by atoms with Crippen molar-refractivity contribution in [2.24, 2.45) is 5.10 Å². The number of amides is 1. The molecule has 0 bridgehead atoms. The minimum atomic E-state index is -3.97. The Morgan fingerprint density at radius 3 is 2.38 bits per heavy atom. The Labute approximate surface area is 198 Å². The normalized spacial score (nSPS) is 12.0. The van der Waals surface area contributed by atoms with Crippen molar-refractivity contribution in [1.29, 1.82) is 0 Å². The third-order valence-corrected chi connectivity index (χ3v) is 6.78. The zero-order valence-corrected chi connectivity index (χ0v) is 19.9. The molecule has 3 aromatic carbocycles. The third-order valence-electron chi connectivity index (χ3n) is 5.58. The van der Waals surface area contributed by atoms with Crippen LogP contribution in [0, 0.1) is 13.8 Å². The molecule has 0 saturated heterocycles. The van der Waals surface area contributed by atoms with Crippen LogP contribution in [0.3, 0.4) is 0 Å². The largest absolute Gasteiger partial charge is 0.436 e. The van der Waals surface area contributed by atoms with Crippen molar-refractivity contribution >= 4 is 32.6 Å². The Morgan fingerprint density at radius 2 is 1.68 bits per heavy atom. The van der Waals surface area contributed by atoms with Gasteiger partial charge in [0.2, 0.25) is 5.55 Å². The van der Waals surface area contributed by atoms with Crippen LogP contribution >= 0.6 is 0 Å². The molecule has 1 heterocycles. The highest BCUT2D eigenvalue weighted by molar-refractivity contribution is 7.89. The molecule has 1 aromatic heterocycles. The third kappa shape index (κ3) is 5.02. The quantitative estimate of drug-likeness (QED) is 0.396. The van der Waals surface area contributed by atoms with Gasteiger partial charge in [0.1, 0.15) is 11.1 Å². The van der Waals surface area contributed by atoms with Crippen LogP contribution in [0.25, 0.3) is 11.0 Å². The zero-order chi connectivity index (χ0) is 24.3. The SMILES string of the molecule is CCc1ccc(NC(=O)c2cc3ccccc3o/c2=N\NS(=O)(=O)c2ccc(C)c(C)c2)cc1. The molecule has 0 aliphatic rings. The van der Waals surface area contributed by atoms with Gasteiger partial charge in [-0.2, -0.15) is 13.2 Å². The van der Waals surface area contributed by atoms with Crippen LogP contribution in [-0.4, -0.2) is 14.3 Å². The lowest BCUT2D eigenvalue weighted by Crippen LogP contribution is -2.27. The van der Waals surface area contributed by atoms with Gasteiger partial charge in [0.15, 0.2) is 0 Å². The van der Waals surface area contributed by atoms with Gasteiger partial charge in [-0.1, -0.05) is 43.3 Å². The summed E-state index contributed by atoms with van der Waals surface area (Å²) in [6.45, 7) is 5.79. The molecule has 0 spiro atoms. The molecule has 4 aromatic rings. The van der Waals surface area contributed by atoms with Gasteiger partial charge in [0.25, 0.3) is 15.9 Å². The number of rotatable bonds is 6. The monoisotopic (exact) mass is 475 g/mol. The van der Waals surface area contributed by atoms with Gasteiger partial charge < -0.3 is 9.73 Å². The van der Waals surface area contributed by atoms with E-state index in [9.17, 15) is 13.2 Å². The van der Waals surface area contributed by atoms with Gasteiger partial charge in [-0.15, -0.1) is 5.10 Å². The summed E-state index contributed by atoms with van der Waals surface area (Å²) in [6.07, 6.45) is 0.890. The lowest BCUT2D eigenvalue weighted by Gasteiger charge is -2.09. The number of aryl methyl sites for hydroxylation is 3. The zero-order valence-electron chi connectivity index (χ0n) is 19.1. The lowest BCUT2D eigenvalue weighted by atomic mass is 10.1. The molecule has 7 nitrogen and oxygen atoms in total. The number of hydrogen-bond acceptors (Lipinski definition) is 5. The number of fused-ring (bicyclic) bond motifs is 1. The van der Waals surface area contributed by atoms with Crippen LogP contribution in [0.5, 0.6) is 0 Å². The summed E-state index contributed by atoms with van der Waals surface area (Å²) >= 11 is 0. The maximum atomic E-state index is 13.1. The average molecular weight is 476 g/mol. The van der Waals surface area contributed by atoms with E-state index in [1.54, 1.807) is 36.4 Å². The first-order chi connectivity index (χ1) is 16.3. The van der Waals surface area contributed by atoms with Gasteiger partial charge in [0, 0.05) is 11.1 Å². The first-order valence-corrected chi connectivity index (χ1v) is 12.3. The van der Waals surface area contributed by atoms with Gasteiger partial charge >= 0.3 is 0 Å². The van der Waals surface area contributed by atoms with Crippen LogP contribution in [0.15, 0.2) is 87.2 Å². The van der Waals surface area contributed by atoms with E-state index >= 15 is 0 Å². The number of nitrogens with one attached hydrogen (secondary N) is 2. The Morgan fingerprint density at radius 1 is 0.941 bits per heavy atom. The van der Waals surface area contributed by atoms with E-state index in [1.165, 1.54) is 6.07 Å². The van der Waals surface area contributed by atoms with Crippen molar-refractivity contribution in [3.63, 3.8) is 0 Å². The number of nitrogens with zero attached hydrogens (tertiary/aromatic N) is 1. The van der Waals surface area contributed by atoms with Crippen LogP contribution in [-0.2, 0) is 16.4 Å². The van der Waals surface area contributed by atoms with Crippen LogP contribution in [0.2, 0.25) is 0 Å². The maximum absolute atomic E-state index is 13.1. The number of para-hydroxylation sites is 1. The van der Waals surface area contributed by atoms with Gasteiger partial charge in [-0.05, 0) is 73.4 Å². The van der Waals surface area contributed by atoms with E-state index in [1.807, 2.05) is 44.2 Å². The standard InChI is InChI=1S/C26H25N3O4S/c1-4-19-10-12-21(13-11-19)27-25(30)23-16-20-7-5-6-8-24(20)33-26(23)28-29-34(31,32)22-14-9-17(2)18(3)15-22/h5-16,29H,4H2,1-3H3,(H,27,30)/b28-26-. The molecule has 0 aliphatic carbocycles. The fourth-order valence-electron chi connectivity index (χ4n) is 3.37. The van der Waals surface area contributed by atoms with Crippen LogP contribution in [0.1, 0.15) is 34.0 Å². The average Bonchev–Trinajstić information content (AvgIpc) is 2.84. The molecule has 0 aliphatic heterocycles. The number of anilines is 1. The number of benzene rings is 3. The molecule has 174 valence electrons. The van der Waals surface area contributed by atoms with Gasteiger partial charge in [-0.25, -0.2) is 0 Å². The molecule has 0 unspecified atom stereocenters. The van der Waals surface area contributed by atoms with E-state index in [0.717, 1.165) is 23.1 Å². The molecular formula is C26H25N3O4S. The molecule has 0 radical (unpaired) electrons. The summed E-state index contributed by atoms with van der Waals surface area (Å²) in [4.78, 5) is 15.4. The Balaban J connectivity index is 1.73. The molecule has 1 amide bonds. The van der Waals surface area contributed by atoms with Crippen molar-refractivity contribution in [1.82, 2.24) is 4.83 Å². The highest BCUT2D eigenvalue weighted by Gasteiger charge is 2.17. The summed E-state index contributed by atoms with van der Waals surface area (Å²) in [6, 6.07) is 21.0. The number of sulfonamides is 1. The fraction of sp³-hybridized carbons (Fsp3) is 0.154. The van der Waals surface area contributed by atoms with Crippen LogP contribution < -0.4 is 15.7 Å². The Bertz CT molecular complexity index is 1540. The minimum Gasteiger partial charge on any atom is -0.436 e. The molecule has 8 heteroatoms. The second-order valence-electron chi connectivity index (χ2n) is 7.96. The van der Waals surface area contributed by atoms with E-state index < -0.39 is 15.9 Å². The minimum absolute atomic E-state index is 0.0714. The first-order valence-electron chi connectivity index (χ1n) is 10.8. The smallest absolute Gasteiger partial charge is 0.276 e. The van der Waals surface area contributed by atoms with Crippen molar-refractivity contribution in [3.05, 3.63) is 101 Å². The summed E-state index contributed by atoms with van der Waals surface area (Å²) < 4.78 is 31.4. The van der Waals surface area contributed by atoms with E-state index in [0.29, 0.717) is 16.7 Å². The molecule has 0 saturated carbocycles. The Kier molecular flexibility index (Phi) is 6.51. The van der Waals surface area contributed by atoms with E-state index in [2.05, 4.69) is 22.2 Å².